The molecule has 114 valence electrons. The molecule has 0 saturated carbocycles. The molecule has 0 fully saturated rings. The highest BCUT2D eigenvalue weighted by Crippen LogP contribution is 2.12. The second-order valence-corrected chi connectivity index (χ2v) is 5.22. The Morgan fingerprint density at radius 2 is 1.73 bits per heavy atom. The van der Waals surface area contributed by atoms with Gasteiger partial charge in [0.1, 0.15) is 0 Å². The van der Waals surface area contributed by atoms with E-state index in [1.165, 1.54) is 6.92 Å². The molecule has 1 aromatic heterocycles. The molecule has 0 aliphatic heterocycles. The summed E-state index contributed by atoms with van der Waals surface area (Å²) >= 11 is 5.86. The highest BCUT2D eigenvalue weighted by Gasteiger charge is 2.10. The van der Waals surface area contributed by atoms with Crippen LogP contribution in [0, 0.1) is 13.8 Å². The molecule has 0 saturated heterocycles. The molecule has 0 spiro atoms. The van der Waals surface area contributed by atoms with E-state index in [1.807, 2.05) is 19.9 Å². The number of hydrogen-bond donors (Lipinski definition) is 3. The van der Waals surface area contributed by atoms with Gasteiger partial charge in [-0.15, -0.1) is 9.97 Å². The zero-order chi connectivity index (χ0) is 16.1. The Labute approximate surface area is 133 Å². The van der Waals surface area contributed by atoms with Crippen LogP contribution < -0.4 is 15.6 Å². The molecule has 2 rings (SSSR count). The standard InChI is InChI=1S/C15H16ClN5O/c1-9-8-10(2)18-14(17-9)21-15(19-11(3)22)20-13-6-4-12(16)5-7-13/h4-8H,1-3H3,(H2,17,18,19,20,21,22)/p+1. The van der Waals surface area contributed by atoms with E-state index in [9.17, 15) is 4.79 Å². The summed E-state index contributed by atoms with van der Waals surface area (Å²) in [5, 5.41) is 6.37. The third kappa shape index (κ3) is 4.82. The van der Waals surface area contributed by atoms with Crippen LogP contribution in [0.3, 0.4) is 0 Å². The molecule has 1 heterocycles. The van der Waals surface area contributed by atoms with Gasteiger partial charge in [-0.25, -0.2) is 10.3 Å². The van der Waals surface area contributed by atoms with E-state index in [-0.39, 0.29) is 5.91 Å². The van der Waals surface area contributed by atoms with E-state index in [2.05, 4.69) is 25.6 Å². The van der Waals surface area contributed by atoms with Gasteiger partial charge in [-0.05, 0) is 38.1 Å². The van der Waals surface area contributed by atoms with Gasteiger partial charge in [0.15, 0.2) is 0 Å². The zero-order valence-corrected chi connectivity index (χ0v) is 13.3. The third-order valence-electron chi connectivity index (χ3n) is 2.63. The highest BCUT2D eigenvalue weighted by atomic mass is 35.5. The average molecular weight is 319 g/mol. The first-order valence-corrected chi connectivity index (χ1v) is 7.06. The van der Waals surface area contributed by atoms with Crippen molar-refractivity contribution in [2.24, 2.45) is 0 Å². The molecule has 0 aliphatic carbocycles. The molecule has 0 atom stereocenters. The summed E-state index contributed by atoms with van der Waals surface area (Å²) in [5.41, 5.74) is 2.44. The van der Waals surface area contributed by atoms with E-state index >= 15 is 0 Å². The third-order valence-corrected chi connectivity index (χ3v) is 2.89. The van der Waals surface area contributed by atoms with Gasteiger partial charge in [-0.2, -0.15) is 0 Å². The minimum absolute atomic E-state index is 0.215. The first kappa shape index (κ1) is 15.9. The van der Waals surface area contributed by atoms with Crippen molar-refractivity contribution in [3.8, 4) is 0 Å². The van der Waals surface area contributed by atoms with Crippen molar-refractivity contribution < 1.29 is 9.79 Å². The minimum atomic E-state index is -0.215. The minimum Gasteiger partial charge on any atom is -0.277 e. The smallest absolute Gasteiger partial charge is 0.277 e. The first-order chi connectivity index (χ1) is 10.4. The van der Waals surface area contributed by atoms with Crippen LogP contribution >= 0.6 is 11.6 Å². The van der Waals surface area contributed by atoms with Crippen molar-refractivity contribution in [1.29, 1.82) is 0 Å². The lowest BCUT2D eigenvalue weighted by Crippen LogP contribution is -2.74. The van der Waals surface area contributed by atoms with Crippen LogP contribution in [0.4, 0.5) is 11.6 Å². The first-order valence-electron chi connectivity index (χ1n) is 6.69. The number of carbonyl (C=O) groups is 1. The van der Waals surface area contributed by atoms with E-state index in [4.69, 9.17) is 11.6 Å². The molecule has 0 radical (unpaired) electrons. The van der Waals surface area contributed by atoms with Crippen LogP contribution in [-0.4, -0.2) is 21.8 Å². The van der Waals surface area contributed by atoms with E-state index in [0.717, 1.165) is 17.1 Å². The number of nitrogens with one attached hydrogen (secondary N) is 3. The van der Waals surface area contributed by atoms with Crippen molar-refractivity contribution in [3.05, 3.63) is 46.7 Å². The molecule has 2 aromatic rings. The summed E-state index contributed by atoms with van der Waals surface area (Å²) in [6, 6.07) is 8.98. The predicted octanol–water partition coefficient (Wildman–Crippen LogP) is 1.06. The molecule has 3 N–H and O–H groups in total. The number of aromatic nitrogens is 2. The lowest BCUT2D eigenvalue weighted by molar-refractivity contribution is -0.366. The van der Waals surface area contributed by atoms with Crippen LogP contribution in [0.25, 0.3) is 0 Å². The van der Waals surface area contributed by atoms with Crippen molar-refractivity contribution in [2.45, 2.75) is 20.8 Å². The molecular weight excluding hydrogens is 302 g/mol. The van der Waals surface area contributed by atoms with Crippen LogP contribution in [0.15, 0.2) is 30.3 Å². The quantitative estimate of drug-likeness (QED) is 0.571. The van der Waals surface area contributed by atoms with E-state index in [1.54, 1.807) is 24.3 Å². The highest BCUT2D eigenvalue weighted by molar-refractivity contribution is 6.30. The summed E-state index contributed by atoms with van der Waals surface area (Å²) in [5.74, 6) is 0.566. The Hall–Kier alpha value is -2.47. The van der Waals surface area contributed by atoms with E-state index in [0.29, 0.717) is 16.9 Å². The number of anilines is 1. The van der Waals surface area contributed by atoms with Crippen LogP contribution in [0.2, 0.25) is 5.02 Å². The van der Waals surface area contributed by atoms with Gasteiger partial charge in [-0.3, -0.25) is 10.1 Å². The second kappa shape index (κ2) is 7.00. The SMILES string of the molecule is CC(=O)NC(Nc1ccc(Cl)cc1)=[NH+]c1nc(C)cc(C)n1. The Morgan fingerprint density at radius 3 is 2.27 bits per heavy atom. The van der Waals surface area contributed by atoms with Gasteiger partial charge in [0.05, 0.1) is 17.1 Å². The van der Waals surface area contributed by atoms with Crippen molar-refractivity contribution >= 4 is 35.1 Å². The zero-order valence-electron chi connectivity index (χ0n) is 12.6. The molecule has 0 aliphatic rings. The maximum absolute atomic E-state index is 11.3. The van der Waals surface area contributed by atoms with Gasteiger partial charge < -0.3 is 0 Å². The van der Waals surface area contributed by atoms with Crippen LogP contribution in [0.5, 0.6) is 0 Å². The second-order valence-electron chi connectivity index (χ2n) is 4.79. The molecule has 22 heavy (non-hydrogen) atoms. The molecular formula is C15H17ClN5O+. The Bertz CT molecular complexity index is 692. The number of amides is 1. The molecule has 7 heteroatoms. The maximum atomic E-state index is 11.3. The number of hydrogen-bond acceptors (Lipinski definition) is 3. The summed E-state index contributed by atoms with van der Waals surface area (Å²) in [6.45, 7) is 5.18. The molecule has 6 nitrogen and oxygen atoms in total. The summed E-state index contributed by atoms with van der Waals surface area (Å²) in [4.78, 5) is 22.9. The van der Waals surface area contributed by atoms with Crippen molar-refractivity contribution in [2.75, 3.05) is 5.32 Å². The summed E-state index contributed by atoms with van der Waals surface area (Å²) in [6.07, 6.45) is 0. The van der Waals surface area contributed by atoms with E-state index < -0.39 is 0 Å². The summed E-state index contributed by atoms with van der Waals surface area (Å²) in [7, 11) is 0. The molecule has 1 amide bonds. The lowest BCUT2D eigenvalue weighted by Gasteiger charge is -2.06. The Morgan fingerprint density at radius 1 is 1.14 bits per heavy atom. The number of rotatable bonds is 2. The fraction of sp³-hybridized carbons (Fsp3) is 0.200. The average Bonchev–Trinajstić information content (AvgIpc) is 2.39. The molecule has 0 bridgehead atoms. The normalized spacial score (nSPS) is 11.2. The number of nitrogens with zero attached hydrogens (tertiary/aromatic N) is 2. The molecule has 0 unspecified atom stereocenters. The molecule has 1 aromatic carbocycles. The fourth-order valence-corrected chi connectivity index (χ4v) is 1.97. The maximum Gasteiger partial charge on any atom is 0.354 e. The van der Waals surface area contributed by atoms with Gasteiger partial charge in [0, 0.05) is 18.0 Å². The number of benzene rings is 1. The topological polar surface area (TPSA) is 80.9 Å². The van der Waals surface area contributed by atoms with Crippen molar-refractivity contribution in [3.63, 3.8) is 0 Å². The summed E-state index contributed by atoms with van der Waals surface area (Å²) < 4.78 is 0. The number of guanidine groups is 1. The predicted molar refractivity (Wildman–Crippen MR) is 86.0 cm³/mol. The number of halogens is 1. The van der Waals surface area contributed by atoms with Gasteiger partial charge in [0.2, 0.25) is 0 Å². The monoisotopic (exact) mass is 318 g/mol. The van der Waals surface area contributed by atoms with Gasteiger partial charge in [0.25, 0.3) is 11.9 Å². The van der Waals surface area contributed by atoms with Gasteiger partial charge >= 0.3 is 5.95 Å². The van der Waals surface area contributed by atoms with Gasteiger partial charge in [-0.1, -0.05) is 11.6 Å². The lowest BCUT2D eigenvalue weighted by atomic mass is 10.3. The number of carbonyl (C=O) groups excluding carboxylic acids is 1. The van der Waals surface area contributed by atoms with Crippen LogP contribution in [0.1, 0.15) is 18.3 Å². The van der Waals surface area contributed by atoms with Crippen LogP contribution in [-0.2, 0) is 4.79 Å². The largest absolute Gasteiger partial charge is 0.354 e. The fourth-order valence-electron chi connectivity index (χ4n) is 1.84. The van der Waals surface area contributed by atoms with Crippen molar-refractivity contribution in [1.82, 2.24) is 15.3 Å². The Balaban J connectivity index is 2.30. The number of aryl methyl sites for hydroxylation is 2. The Kier molecular flexibility index (Phi) is 5.06.